The van der Waals surface area contributed by atoms with E-state index in [0.29, 0.717) is 24.3 Å². The number of H-pyrrole nitrogens is 2. The first-order valence-electron chi connectivity index (χ1n) is 7.72. The van der Waals surface area contributed by atoms with Gasteiger partial charge in [0.15, 0.2) is 0 Å². The van der Waals surface area contributed by atoms with E-state index in [2.05, 4.69) is 10.2 Å². The second kappa shape index (κ2) is 5.30. The van der Waals surface area contributed by atoms with E-state index < -0.39 is 5.41 Å². The highest BCUT2D eigenvalue weighted by atomic mass is 16.2. The minimum absolute atomic E-state index is 0.0777. The maximum absolute atomic E-state index is 12.5. The molecule has 0 radical (unpaired) electrons. The molecule has 3 rings (SSSR count). The summed E-state index contributed by atoms with van der Waals surface area (Å²) < 4.78 is 0. The minimum Gasteiger partial charge on any atom is -0.345 e. The summed E-state index contributed by atoms with van der Waals surface area (Å²) in [6, 6.07) is 0. The van der Waals surface area contributed by atoms with Crippen molar-refractivity contribution in [3.8, 4) is 0 Å². The average Bonchev–Trinajstić information content (AvgIpc) is 3.04. The molecule has 2 saturated heterocycles. The third-order valence-electron chi connectivity index (χ3n) is 5.07. The zero-order valence-electron chi connectivity index (χ0n) is 13.1. The Morgan fingerprint density at radius 2 is 2.00 bits per heavy atom. The number of rotatable bonds is 2. The Morgan fingerprint density at radius 1 is 1.23 bits per heavy atom. The first-order chi connectivity index (χ1) is 10.4. The number of piperidine rings is 1. The van der Waals surface area contributed by atoms with Crippen molar-refractivity contribution in [1.29, 1.82) is 0 Å². The molecule has 1 aromatic heterocycles. The van der Waals surface area contributed by atoms with E-state index in [1.807, 2.05) is 7.05 Å². The highest BCUT2D eigenvalue weighted by Gasteiger charge is 2.48. The van der Waals surface area contributed by atoms with Crippen LogP contribution in [0.15, 0.2) is 4.79 Å². The Labute approximate surface area is 128 Å². The van der Waals surface area contributed by atoms with Gasteiger partial charge in [0.2, 0.25) is 11.8 Å². The molecule has 7 nitrogen and oxygen atoms in total. The first kappa shape index (κ1) is 14.9. The summed E-state index contributed by atoms with van der Waals surface area (Å²) in [7, 11) is 1.83. The van der Waals surface area contributed by atoms with Crippen LogP contribution >= 0.6 is 0 Å². The van der Waals surface area contributed by atoms with E-state index in [1.165, 1.54) is 0 Å². The molecule has 1 spiro atoms. The van der Waals surface area contributed by atoms with Crippen molar-refractivity contribution >= 4 is 11.8 Å². The summed E-state index contributed by atoms with van der Waals surface area (Å²) in [6.07, 6.45) is 2.65. The van der Waals surface area contributed by atoms with Gasteiger partial charge in [-0.1, -0.05) is 0 Å². The topological polar surface area (TPSA) is 89.3 Å². The normalized spacial score (nSPS) is 25.3. The van der Waals surface area contributed by atoms with Crippen molar-refractivity contribution in [2.24, 2.45) is 5.41 Å². The molecule has 2 fully saturated rings. The fourth-order valence-corrected chi connectivity index (χ4v) is 3.68. The van der Waals surface area contributed by atoms with E-state index in [9.17, 15) is 14.4 Å². The Hall–Kier alpha value is -2.05. The van der Waals surface area contributed by atoms with Crippen LogP contribution in [0.2, 0.25) is 0 Å². The van der Waals surface area contributed by atoms with E-state index in [-0.39, 0.29) is 23.8 Å². The van der Waals surface area contributed by atoms with Crippen molar-refractivity contribution in [2.45, 2.75) is 32.6 Å². The van der Waals surface area contributed by atoms with Crippen LogP contribution in [0.3, 0.4) is 0 Å². The molecule has 0 saturated carbocycles. The van der Waals surface area contributed by atoms with Gasteiger partial charge >= 0.3 is 0 Å². The molecule has 0 aromatic carbocycles. The van der Waals surface area contributed by atoms with Crippen molar-refractivity contribution in [1.82, 2.24) is 20.0 Å². The van der Waals surface area contributed by atoms with Crippen LogP contribution in [-0.4, -0.2) is 58.5 Å². The third-order valence-corrected chi connectivity index (χ3v) is 5.07. The van der Waals surface area contributed by atoms with Crippen LogP contribution in [0.1, 0.15) is 30.5 Å². The second-order valence-electron chi connectivity index (χ2n) is 6.54. The molecule has 2 N–H and O–H groups in total. The molecule has 3 heterocycles. The molecule has 0 bridgehead atoms. The number of carbonyl (C=O) groups is 2. The average molecular weight is 306 g/mol. The number of aryl methyl sites for hydroxylation is 1. The molecule has 7 heteroatoms. The fraction of sp³-hybridized carbons (Fsp3) is 0.667. The summed E-state index contributed by atoms with van der Waals surface area (Å²) in [5.74, 6) is 0.0795. The number of aromatic amines is 2. The summed E-state index contributed by atoms with van der Waals surface area (Å²) in [6.45, 7) is 3.65. The van der Waals surface area contributed by atoms with Crippen molar-refractivity contribution < 1.29 is 9.59 Å². The molecule has 22 heavy (non-hydrogen) atoms. The quantitative estimate of drug-likeness (QED) is 0.807. The van der Waals surface area contributed by atoms with Gasteiger partial charge in [-0.3, -0.25) is 19.5 Å². The SMILES string of the molecule is Cc1[nH][nH]c(=O)c1CC(=O)N1CC[C@]2(CCCN(C)C2=O)C1. The van der Waals surface area contributed by atoms with E-state index >= 15 is 0 Å². The van der Waals surface area contributed by atoms with Gasteiger partial charge in [0.05, 0.1) is 11.8 Å². The molecule has 1 aromatic rings. The standard InChI is InChI=1S/C15H22N4O3/c1-10-11(13(21)17-16-10)8-12(20)19-7-5-15(9-19)4-3-6-18(2)14(15)22/h3-9H2,1-2H3,(H2,16,17,21)/t15-/m1/s1. The number of amides is 2. The van der Waals surface area contributed by atoms with Crippen LogP contribution in [-0.2, 0) is 16.0 Å². The Morgan fingerprint density at radius 3 is 2.68 bits per heavy atom. The Kier molecular flexibility index (Phi) is 3.58. The largest absolute Gasteiger partial charge is 0.345 e. The van der Waals surface area contributed by atoms with E-state index in [1.54, 1.807) is 16.7 Å². The summed E-state index contributed by atoms with van der Waals surface area (Å²) in [5.41, 5.74) is 0.537. The Bertz CT molecular complexity index is 662. The third kappa shape index (κ3) is 2.34. The lowest BCUT2D eigenvalue weighted by Crippen LogP contribution is -2.48. The molecule has 2 aliphatic rings. The van der Waals surface area contributed by atoms with Gasteiger partial charge < -0.3 is 14.9 Å². The van der Waals surface area contributed by atoms with Crippen molar-refractivity contribution in [3.05, 3.63) is 21.6 Å². The molecular formula is C15H22N4O3. The number of nitrogens with zero attached hydrogens (tertiary/aromatic N) is 2. The highest BCUT2D eigenvalue weighted by molar-refractivity contribution is 5.86. The first-order valence-corrected chi connectivity index (χ1v) is 7.72. The monoisotopic (exact) mass is 306 g/mol. The number of hydrogen-bond acceptors (Lipinski definition) is 3. The van der Waals surface area contributed by atoms with Crippen molar-refractivity contribution in [3.63, 3.8) is 0 Å². The zero-order valence-corrected chi connectivity index (χ0v) is 13.1. The predicted octanol–water partition coefficient (Wildman–Crippen LogP) is 0.0248. The van der Waals surface area contributed by atoms with Crippen LogP contribution in [0.5, 0.6) is 0 Å². The lowest BCUT2D eigenvalue weighted by Gasteiger charge is -2.37. The van der Waals surface area contributed by atoms with Gasteiger partial charge in [0.1, 0.15) is 0 Å². The maximum atomic E-state index is 12.5. The fourth-order valence-electron chi connectivity index (χ4n) is 3.68. The van der Waals surface area contributed by atoms with Gasteiger partial charge in [-0.25, -0.2) is 0 Å². The summed E-state index contributed by atoms with van der Waals surface area (Å²) in [4.78, 5) is 40.1. The molecule has 0 aliphatic carbocycles. The van der Waals surface area contributed by atoms with Crippen LogP contribution in [0.4, 0.5) is 0 Å². The zero-order chi connectivity index (χ0) is 15.9. The van der Waals surface area contributed by atoms with Gasteiger partial charge in [0, 0.05) is 37.9 Å². The van der Waals surface area contributed by atoms with Crippen LogP contribution in [0.25, 0.3) is 0 Å². The summed E-state index contributed by atoms with van der Waals surface area (Å²) in [5, 5.41) is 5.22. The number of hydrogen-bond donors (Lipinski definition) is 2. The molecule has 2 aliphatic heterocycles. The van der Waals surface area contributed by atoms with Crippen LogP contribution < -0.4 is 5.56 Å². The Balaban J connectivity index is 1.71. The highest BCUT2D eigenvalue weighted by Crippen LogP contribution is 2.39. The van der Waals surface area contributed by atoms with Crippen LogP contribution in [0, 0.1) is 12.3 Å². The molecule has 1 atom stereocenters. The molecule has 0 unspecified atom stereocenters. The van der Waals surface area contributed by atoms with E-state index in [4.69, 9.17) is 0 Å². The maximum Gasteiger partial charge on any atom is 0.267 e. The number of nitrogens with one attached hydrogen (secondary N) is 2. The molecule has 2 amide bonds. The number of likely N-dealkylation sites (tertiary alicyclic amines) is 2. The number of aromatic nitrogens is 2. The van der Waals surface area contributed by atoms with Crippen molar-refractivity contribution in [2.75, 3.05) is 26.7 Å². The summed E-state index contributed by atoms with van der Waals surface area (Å²) >= 11 is 0. The van der Waals surface area contributed by atoms with Gasteiger partial charge in [-0.2, -0.15) is 0 Å². The second-order valence-corrected chi connectivity index (χ2v) is 6.54. The van der Waals surface area contributed by atoms with E-state index in [0.717, 1.165) is 25.8 Å². The number of carbonyl (C=O) groups excluding carboxylic acids is 2. The van der Waals surface area contributed by atoms with Gasteiger partial charge in [0.25, 0.3) is 5.56 Å². The smallest absolute Gasteiger partial charge is 0.267 e. The lowest BCUT2D eigenvalue weighted by atomic mass is 9.78. The predicted molar refractivity (Wildman–Crippen MR) is 80.4 cm³/mol. The van der Waals surface area contributed by atoms with Gasteiger partial charge in [-0.05, 0) is 26.2 Å². The minimum atomic E-state index is -0.401. The molecular weight excluding hydrogens is 284 g/mol. The lowest BCUT2D eigenvalue weighted by molar-refractivity contribution is -0.144. The molecule has 120 valence electrons. The van der Waals surface area contributed by atoms with Gasteiger partial charge in [-0.15, -0.1) is 0 Å².